The molecule has 0 fully saturated rings. The third kappa shape index (κ3) is 4.13. The highest BCUT2D eigenvalue weighted by Gasteiger charge is 2.13. The van der Waals surface area contributed by atoms with Crippen LogP contribution in [0.25, 0.3) is 16.8 Å². The predicted molar refractivity (Wildman–Crippen MR) is 107 cm³/mol. The molecule has 0 spiro atoms. The maximum atomic E-state index is 12.3. The van der Waals surface area contributed by atoms with Crippen LogP contribution in [0.5, 0.6) is 0 Å². The van der Waals surface area contributed by atoms with Gasteiger partial charge in [-0.05, 0) is 25.1 Å². The van der Waals surface area contributed by atoms with E-state index in [-0.39, 0.29) is 5.56 Å². The highest BCUT2D eigenvalue weighted by molar-refractivity contribution is 5.96. The number of amides is 1. The van der Waals surface area contributed by atoms with Crippen molar-refractivity contribution in [1.29, 1.82) is 0 Å². The van der Waals surface area contributed by atoms with Gasteiger partial charge in [-0.3, -0.25) is 4.79 Å². The Labute approximate surface area is 165 Å². The summed E-state index contributed by atoms with van der Waals surface area (Å²) in [5.41, 5.74) is 0.646. The Bertz CT molecular complexity index is 1230. The summed E-state index contributed by atoms with van der Waals surface area (Å²) in [5, 5.41) is 10.8. The lowest BCUT2D eigenvalue weighted by atomic mass is 10.2. The van der Waals surface area contributed by atoms with Crippen LogP contribution in [0.4, 0.5) is 5.82 Å². The molecule has 4 rings (SSSR count). The number of nitrogens with zero attached hydrogens (tertiary/aromatic N) is 4. The SMILES string of the molecule is Cc1ccn(-c2cc(NCCNC(=O)c3cc4ccccc4oc3=O)ncn2)n1. The van der Waals surface area contributed by atoms with E-state index in [1.54, 1.807) is 28.9 Å². The van der Waals surface area contributed by atoms with E-state index in [0.717, 1.165) is 5.69 Å². The number of anilines is 1. The van der Waals surface area contributed by atoms with E-state index in [2.05, 4.69) is 25.7 Å². The number of fused-ring (bicyclic) bond motifs is 1. The molecule has 0 aliphatic rings. The smallest absolute Gasteiger partial charge is 0.349 e. The second kappa shape index (κ2) is 7.93. The largest absolute Gasteiger partial charge is 0.422 e. The molecule has 1 aromatic carbocycles. The van der Waals surface area contributed by atoms with Crippen LogP contribution < -0.4 is 16.3 Å². The highest BCUT2D eigenvalue weighted by Crippen LogP contribution is 2.12. The quantitative estimate of drug-likeness (QED) is 0.382. The summed E-state index contributed by atoms with van der Waals surface area (Å²) in [6, 6.07) is 12.2. The molecule has 0 bridgehead atoms. The predicted octanol–water partition coefficient (Wildman–Crippen LogP) is 1.92. The molecule has 0 atom stereocenters. The Kier molecular flexibility index (Phi) is 5.02. The van der Waals surface area contributed by atoms with Crippen LogP contribution in [0, 0.1) is 6.92 Å². The number of carbonyl (C=O) groups excluding carboxylic acids is 1. The van der Waals surface area contributed by atoms with Crippen molar-refractivity contribution in [3.63, 3.8) is 0 Å². The first kappa shape index (κ1) is 18.4. The monoisotopic (exact) mass is 390 g/mol. The molecule has 9 nitrogen and oxygen atoms in total. The molecule has 3 aromatic heterocycles. The third-order valence-corrected chi connectivity index (χ3v) is 4.21. The molecule has 4 aromatic rings. The molecule has 0 saturated heterocycles. The Hall–Kier alpha value is -4.01. The number of aryl methyl sites for hydroxylation is 1. The van der Waals surface area contributed by atoms with E-state index < -0.39 is 11.5 Å². The second-order valence-electron chi connectivity index (χ2n) is 6.33. The molecule has 0 aliphatic carbocycles. The van der Waals surface area contributed by atoms with Crippen molar-refractivity contribution >= 4 is 22.7 Å². The topological polar surface area (TPSA) is 115 Å². The molecule has 1 amide bonds. The minimum Gasteiger partial charge on any atom is -0.422 e. The molecule has 146 valence electrons. The van der Waals surface area contributed by atoms with Gasteiger partial charge < -0.3 is 15.1 Å². The van der Waals surface area contributed by atoms with Gasteiger partial charge in [0.2, 0.25) is 0 Å². The summed E-state index contributed by atoms with van der Waals surface area (Å²) in [5.74, 6) is 0.748. The van der Waals surface area contributed by atoms with Crippen LogP contribution in [-0.2, 0) is 0 Å². The van der Waals surface area contributed by atoms with Crippen LogP contribution in [-0.4, -0.2) is 38.7 Å². The fourth-order valence-electron chi connectivity index (χ4n) is 2.79. The molecule has 9 heteroatoms. The number of nitrogens with one attached hydrogen (secondary N) is 2. The Morgan fingerprint density at radius 2 is 2.00 bits per heavy atom. The summed E-state index contributed by atoms with van der Waals surface area (Å²) in [4.78, 5) is 32.7. The number of benzene rings is 1. The molecule has 0 aliphatic heterocycles. The summed E-state index contributed by atoms with van der Waals surface area (Å²) in [7, 11) is 0. The zero-order valence-electron chi connectivity index (χ0n) is 15.6. The fourth-order valence-corrected chi connectivity index (χ4v) is 2.79. The van der Waals surface area contributed by atoms with Crippen LogP contribution in [0.15, 0.2) is 64.2 Å². The summed E-state index contributed by atoms with van der Waals surface area (Å²) in [6.45, 7) is 2.61. The first-order chi connectivity index (χ1) is 14.1. The molecule has 29 heavy (non-hydrogen) atoms. The zero-order valence-corrected chi connectivity index (χ0v) is 15.6. The average Bonchev–Trinajstić information content (AvgIpc) is 3.17. The standard InChI is InChI=1S/C20H18N6O3/c1-13-6-9-26(25-13)18-11-17(23-12-24-18)21-7-8-22-19(27)15-10-14-4-2-3-5-16(14)29-20(15)28/h2-6,9-12H,7-8H2,1H3,(H,22,27)(H,21,23,24). The van der Waals surface area contributed by atoms with Gasteiger partial charge in [0.25, 0.3) is 5.91 Å². The van der Waals surface area contributed by atoms with Crippen LogP contribution in [0.2, 0.25) is 0 Å². The molecule has 2 N–H and O–H groups in total. The number of para-hydroxylation sites is 1. The maximum Gasteiger partial charge on any atom is 0.349 e. The van der Waals surface area contributed by atoms with Crippen LogP contribution in [0.3, 0.4) is 0 Å². The number of hydrogen-bond acceptors (Lipinski definition) is 7. The molecule has 0 unspecified atom stereocenters. The molecule has 0 radical (unpaired) electrons. The van der Waals surface area contributed by atoms with E-state index in [9.17, 15) is 9.59 Å². The summed E-state index contributed by atoms with van der Waals surface area (Å²) in [6.07, 6.45) is 3.25. The number of aromatic nitrogens is 4. The zero-order chi connectivity index (χ0) is 20.2. The van der Waals surface area contributed by atoms with E-state index in [1.165, 1.54) is 12.4 Å². The van der Waals surface area contributed by atoms with Gasteiger partial charge in [0.15, 0.2) is 5.82 Å². The van der Waals surface area contributed by atoms with Crippen molar-refractivity contribution in [1.82, 2.24) is 25.1 Å². The van der Waals surface area contributed by atoms with E-state index in [4.69, 9.17) is 4.42 Å². The molecule has 0 saturated carbocycles. The number of carbonyl (C=O) groups is 1. The van der Waals surface area contributed by atoms with Crippen LogP contribution in [0.1, 0.15) is 16.1 Å². The molecular weight excluding hydrogens is 372 g/mol. The fraction of sp³-hybridized carbons (Fsp3) is 0.150. The van der Waals surface area contributed by atoms with Gasteiger partial charge >= 0.3 is 5.63 Å². The van der Waals surface area contributed by atoms with Crippen molar-refractivity contribution in [3.05, 3.63) is 76.7 Å². The van der Waals surface area contributed by atoms with Crippen molar-refractivity contribution in [2.24, 2.45) is 0 Å². The average molecular weight is 390 g/mol. The minimum atomic E-state index is -0.663. The van der Waals surface area contributed by atoms with E-state index in [0.29, 0.717) is 35.7 Å². The normalized spacial score (nSPS) is 10.8. The summed E-state index contributed by atoms with van der Waals surface area (Å²) < 4.78 is 6.84. The molecular formula is C20H18N6O3. The molecule has 3 heterocycles. The van der Waals surface area contributed by atoms with E-state index >= 15 is 0 Å². The lowest BCUT2D eigenvalue weighted by Crippen LogP contribution is -2.32. The van der Waals surface area contributed by atoms with E-state index in [1.807, 2.05) is 25.3 Å². The van der Waals surface area contributed by atoms with Crippen LogP contribution >= 0.6 is 0 Å². The van der Waals surface area contributed by atoms with Gasteiger partial charge in [0.1, 0.15) is 23.3 Å². The first-order valence-corrected chi connectivity index (χ1v) is 9.00. The lowest BCUT2D eigenvalue weighted by Gasteiger charge is -2.08. The second-order valence-corrected chi connectivity index (χ2v) is 6.33. The Morgan fingerprint density at radius 3 is 2.83 bits per heavy atom. The van der Waals surface area contributed by atoms with Gasteiger partial charge in [-0.15, -0.1) is 0 Å². The van der Waals surface area contributed by atoms with Gasteiger partial charge in [-0.25, -0.2) is 19.4 Å². The van der Waals surface area contributed by atoms with Crippen molar-refractivity contribution < 1.29 is 9.21 Å². The minimum absolute atomic E-state index is 0.0259. The van der Waals surface area contributed by atoms with Crippen molar-refractivity contribution in [2.75, 3.05) is 18.4 Å². The first-order valence-electron chi connectivity index (χ1n) is 9.00. The lowest BCUT2D eigenvalue weighted by molar-refractivity contribution is 0.0951. The maximum absolute atomic E-state index is 12.3. The highest BCUT2D eigenvalue weighted by atomic mass is 16.4. The van der Waals surface area contributed by atoms with Gasteiger partial charge in [0.05, 0.1) is 5.69 Å². The van der Waals surface area contributed by atoms with Crippen molar-refractivity contribution in [3.8, 4) is 5.82 Å². The summed E-state index contributed by atoms with van der Waals surface area (Å²) >= 11 is 0. The third-order valence-electron chi connectivity index (χ3n) is 4.21. The van der Waals surface area contributed by atoms with Gasteiger partial charge in [-0.2, -0.15) is 5.10 Å². The number of rotatable bonds is 6. The van der Waals surface area contributed by atoms with Crippen molar-refractivity contribution in [2.45, 2.75) is 6.92 Å². The van der Waals surface area contributed by atoms with Gasteiger partial charge in [0, 0.05) is 30.7 Å². The Morgan fingerprint density at radius 1 is 1.14 bits per heavy atom. The number of hydrogen-bond donors (Lipinski definition) is 2. The van der Waals surface area contributed by atoms with Gasteiger partial charge in [-0.1, -0.05) is 18.2 Å². The Balaban J connectivity index is 1.36.